The van der Waals surface area contributed by atoms with E-state index in [1.165, 1.54) is 0 Å². The van der Waals surface area contributed by atoms with E-state index >= 15 is 0 Å². The molecule has 1 aromatic heterocycles. The fraction of sp³-hybridized carbons (Fsp3) is 0.231. The first-order chi connectivity index (χ1) is 9.56. The van der Waals surface area contributed by atoms with Crippen LogP contribution in [0.2, 0.25) is 0 Å². The summed E-state index contributed by atoms with van der Waals surface area (Å²) in [7, 11) is 3.20. The van der Waals surface area contributed by atoms with Crippen LogP contribution in [-0.4, -0.2) is 24.2 Å². The summed E-state index contributed by atoms with van der Waals surface area (Å²) < 4.78 is 12.0. The molecule has 0 atom stereocenters. The second-order valence-corrected chi connectivity index (χ2v) is 5.68. The van der Waals surface area contributed by atoms with Crippen LogP contribution < -0.4 is 10.5 Å². The monoisotopic (exact) mass is 401 g/mol. The quantitative estimate of drug-likeness (QED) is 0.848. The van der Waals surface area contributed by atoms with E-state index in [9.17, 15) is 0 Å². The number of benzene rings is 1. The van der Waals surface area contributed by atoms with Gasteiger partial charge in [0.2, 0.25) is 0 Å². The Morgan fingerprint density at radius 1 is 1.20 bits per heavy atom. The van der Waals surface area contributed by atoms with Gasteiger partial charge in [-0.15, -0.1) is 0 Å². The number of ether oxygens (including phenoxy) is 2. The Morgan fingerprint density at radius 2 is 1.95 bits per heavy atom. The molecule has 0 radical (unpaired) electrons. The highest BCUT2D eigenvalue weighted by Gasteiger charge is 2.15. The van der Waals surface area contributed by atoms with Crippen LogP contribution in [0.5, 0.6) is 5.75 Å². The van der Waals surface area contributed by atoms with Gasteiger partial charge in [-0.3, -0.25) is 0 Å². The summed E-state index contributed by atoms with van der Waals surface area (Å²) in [5.41, 5.74) is 7.37. The van der Waals surface area contributed by atoms with Gasteiger partial charge in [-0.25, -0.2) is 9.97 Å². The van der Waals surface area contributed by atoms with Gasteiger partial charge in [-0.05, 0) is 34.1 Å². The highest BCUT2D eigenvalue weighted by Crippen LogP contribution is 2.33. The normalized spacial score (nSPS) is 10.6. The summed E-state index contributed by atoms with van der Waals surface area (Å²) in [4.78, 5) is 8.78. The zero-order valence-corrected chi connectivity index (χ0v) is 14.2. The summed E-state index contributed by atoms with van der Waals surface area (Å²) in [6.45, 7) is 0.344. The lowest BCUT2D eigenvalue weighted by Crippen LogP contribution is -2.04. The molecule has 0 saturated heterocycles. The highest BCUT2D eigenvalue weighted by atomic mass is 79.9. The molecule has 0 aliphatic carbocycles. The average molecular weight is 403 g/mol. The second-order valence-electron chi connectivity index (χ2n) is 3.97. The number of aromatic nitrogens is 2. The van der Waals surface area contributed by atoms with E-state index in [1.54, 1.807) is 14.2 Å². The summed E-state index contributed by atoms with van der Waals surface area (Å²) >= 11 is 6.80. The Balaban J connectivity index is 2.60. The summed E-state index contributed by atoms with van der Waals surface area (Å²) in [5.74, 6) is 1.54. The van der Waals surface area contributed by atoms with Gasteiger partial charge in [0.25, 0.3) is 0 Å². The van der Waals surface area contributed by atoms with Crippen LogP contribution in [-0.2, 0) is 11.3 Å². The minimum Gasteiger partial charge on any atom is -0.496 e. The summed E-state index contributed by atoms with van der Waals surface area (Å²) in [6, 6.07) is 5.62. The molecule has 0 saturated carbocycles. The average Bonchev–Trinajstić information content (AvgIpc) is 2.43. The minimum absolute atomic E-state index is 0.344. The van der Waals surface area contributed by atoms with Gasteiger partial charge in [0, 0.05) is 11.6 Å². The zero-order chi connectivity index (χ0) is 14.7. The van der Waals surface area contributed by atoms with Gasteiger partial charge in [0.1, 0.15) is 11.6 Å². The van der Waals surface area contributed by atoms with Gasteiger partial charge in [0.15, 0.2) is 5.82 Å². The van der Waals surface area contributed by atoms with Crippen molar-refractivity contribution in [2.75, 3.05) is 20.0 Å². The molecule has 0 aliphatic rings. The van der Waals surface area contributed by atoms with Crippen LogP contribution in [0.25, 0.3) is 11.4 Å². The van der Waals surface area contributed by atoms with E-state index in [-0.39, 0.29) is 0 Å². The zero-order valence-electron chi connectivity index (χ0n) is 11.0. The van der Waals surface area contributed by atoms with E-state index in [0.29, 0.717) is 34.2 Å². The molecule has 20 heavy (non-hydrogen) atoms. The van der Waals surface area contributed by atoms with Crippen molar-refractivity contribution in [3.63, 3.8) is 0 Å². The van der Waals surface area contributed by atoms with Gasteiger partial charge >= 0.3 is 0 Å². The summed E-state index contributed by atoms with van der Waals surface area (Å²) in [5, 5.41) is 0. The predicted molar refractivity (Wildman–Crippen MR) is 84.5 cm³/mol. The maximum Gasteiger partial charge on any atom is 0.165 e. The Labute approximate surface area is 133 Å². The molecule has 0 unspecified atom stereocenters. The molecule has 0 aliphatic heterocycles. The van der Waals surface area contributed by atoms with E-state index in [1.807, 2.05) is 18.2 Å². The Morgan fingerprint density at radius 3 is 2.60 bits per heavy atom. The highest BCUT2D eigenvalue weighted by molar-refractivity contribution is 9.11. The number of methoxy groups -OCH3 is 2. The van der Waals surface area contributed by atoms with E-state index in [2.05, 4.69) is 41.8 Å². The topological polar surface area (TPSA) is 70.3 Å². The lowest BCUT2D eigenvalue weighted by atomic mass is 10.2. The van der Waals surface area contributed by atoms with Gasteiger partial charge in [-0.1, -0.05) is 15.9 Å². The fourth-order valence-electron chi connectivity index (χ4n) is 1.72. The third-order valence-corrected chi connectivity index (χ3v) is 3.99. The van der Waals surface area contributed by atoms with Crippen LogP contribution in [0, 0.1) is 0 Å². The van der Waals surface area contributed by atoms with Crippen molar-refractivity contribution in [3.05, 3.63) is 32.8 Å². The van der Waals surface area contributed by atoms with Gasteiger partial charge < -0.3 is 15.2 Å². The molecule has 2 aromatic rings. The van der Waals surface area contributed by atoms with Gasteiger partial charge in [-0.2, -0.15) is 0 Å². The van der Waals surface area contributed by atoms with Crippen LogP contribution >= 0.6 is 31.9 Å². The Bertz CT molecular complexity index is 635. The fourth-order valence-corrected chi connectivity index (χ4v) is 2.37. The minimum atomic E-state index is 0.344. The third kappa shape index (κ3) is 3.11. The van der Waals surface area contributed by atoms with Crippen LogP contribution in [0.3, 0.4) is 0 Å². The van der Waals surface area contributed by atoms with E-state index in [4.69, 9.17) is 15.2 Å². The number of hydrogen-bond donors (Lipinski definition) is 1. The molecular weight excluding hydrogens is 390 g/mol. The number of nitrogen functional groups attached to an aromatic ring is 1. The second kappa shape index (κ2) is 6.51. The number of halogens is 2. The van der Waals surface area contributed by atoms with Crippen molar-refractivity contribution in [1.29, 1.82) is 0 Å². The molecule has 2 rings (SSSR count). The molecule has 0 fully saturated rings. The van der Waals surface area contributed by atoms with Gasteiger partial charge in [0.05, 0.1) is 29.4 Å². The number of hydrogen-bond acceptors (Lipinski definition) is 5. The van der Waals surface area contributed by atoms with Crippen molar-refractivity contribution >= 4 is 37.7 Å². The number of rotatable bonds is 4. The third-order valence-electron chi connectivity index (χ3n) is 2.63. The van der Waals surface area contributed by atoms with Crippen molar-refractivity contribution in [2.24, 2.45) is 0 Å². The molecule has 7 heteroatoms. The summed E-state index contributed by atoms with van der Waals surface area (Å²) in [6.07, 6.45) is 0. The molecule has 2 N–H and O–H groups in total. The molecule has 0 spiro atoms. The molecule has 1 heterocycles. The first-order valence-corrected chi connectivity index (χ1v) is 7.30. The molecule has 0 bridgehead atoms. The molecule has 0 amide bonds. The van der Waals surface area contributed by atoms with Crippen molar-refractivity contribution in [3.8, 4) is 17.1 Å². The standard InChI is InChI=1S/C13H13Br2N3O2/c1-19-6-9-11(15)12(16)18-13(17-9)8-5-7(14)3-4-10(8)20-2/h3-5H,6H2,1-2H3,(H2,16,17,18). The van der Waals surface area contributed by atoms with Crippen LogP contribution in [0.1, 0.15) is 5.69 Å². The van der Waals surface area contributed by atoms with E-state index < -0.39 is 0 Å². The van der Waals surface area contributed by atoms with E-state index in [0.717, 1.165) is 10.0 Å². The van der Waals surface area contributed by atoms with Crippen LogP contribution in [0.4, 0.5) is 5.82 Å². The first-order valence-electron chi connectivity index (χ1n) is 5.71. The number of nitrogens with two attached hydrogens (primary N) is 1. The molecule has 5 nitrogen and oxygen atoms in total. The Kier molecular flexibility index (Phi) is 4.95. The first kappa shape index (κ1) is 15.2. The van der Waals surface area contributed by atoms with Crippen molar-refractivity contribution < 1.29 is 9.47 Å². The smallest absolute Gasteiger partial charge is 0.165 e. The number of nitrogens with zero attached hydrogens (tertiary/aromatic N) is 2. The largest absolute Gasteiger partial charge is 0.496 e. The lowest BCUT2D eigenvalue weighted by molar-refractivity contribution is 0.181. The van der Waals surface area contributed by atoms with Crippen molar-refractivity contribution in [1.82, 2.24) is 9.97 Å². The van der Waals surface area contributed by atoms with Crippen LogP contribution in [0.15, 0.2) is 27.1 Å². The maximum atomic E-state index is 5.91. The predicted octanol–water partition coefficient (Wildman–Crippen LogP) is 3.41. The SMILES string of the molecule is COCc1nc(-c2cc(Br)ccc2OC)nc(N)c1Br. The molecule has 106 valence electrons. The van der Waals surface area contributed by atoms with Crippen molar-refractivity contribution in [2.45, 2.75) is 6.61 Å². The molecule has 1 aromatic carbocycles. The number of anilines is 1. The lowest BCUT2D eigenvalue weighted by Gasteiger charge is -2.11. The Hall–Kier alpha value is -1.18. The maximum absolute atomic E-state index is 5.91. The molecular formula is C13H13Br2N3O2.